The molecule has 96 valence electrons. The predicted molar refractivity (Wildman–Crippen MR) is 70.2 cm³/mol. The van der Waals surface area contributed by atoms with E-state index in [0.717, 1.165) is 18.8 Å². The maximum absolute atomic E-state index is 10.5. The van der Waals surface area contributed by atoms with Gasteiger partial charge in [0.25, 0.3) is 0 Å². The highest BCUT2D eigenvalue weighted by Crippen LogP contribution is 2.64. The monoisotopic (exact) mass is 245 g/mol. The van der Waals surface area contributed by atoms with E-state index in [2.05, 4.69) is 9.88 Å². The summed E-state index contributed by atoms with van der Waals surface area (Å²) in [5, 5.41) is 10.5. The van der Waals surface area contributed by atoms with Gasteiger partial charge in [-0.15, -0.1) is 0 Å². The Kier molecular flexibility index (Phi) is 1.87. The van der Waals surface area contributed by atoms with Crippen molar-refractivity contribution in [3.05, 3.63) is 18.3 Å². The summed E-state index contributed by atoms with van der Waals surface area (Å²) in [4.78, 5) is 6.59. The third-order valence-corrected chi connectivity index (χ3v) is 5.09. The minimum absolute atomic E-state index is 0.0806. The number of nitrogen functional groups attached to an aromatic ring is 1. The molecule has 4 nitrogen and oxygen atoms in total. The van der Waals surface area contributed by atoms with Crippen LogP contribution in [0.4, 0.5) is 11.5 Å². The Bertz CT molecular complexity index is 454. The van der Waals surface area contributed by atoms with Crippen LogP contribution in [0.3, 0.4) is 0 Å². The summed E-state index contributed by atoms with van der Waals surface area (Å²) in [6.07, 6.45) is 6.48. The average molecular weight is 245 g/mol. The molecule has 4 rings (SSSR count). The Morgan fingerprint density at radius 2 is 1.78 bits per heavy atom. The van der Waals surface area contributed by atoms with E-state index in [4.69, 9.17) is 5.73 Å². The Labute approximate surface area is 107 Å². The number of pyridine rings is 1. The van der Waals surface area contributed by atoms with E-state index in [1.165, 1.54) is 25.7 Å². The molecule has 0 atom stereocenters. The van der Waals surface area contributed by atoms with Gasteiger partial charge in [0.1, 0.15) is 5.82 Å². The SMILES string of the molecule is Nc1ccc(N2CC3(CC3)C(O)C3(CC3)C2)cn1. The maximum Gasteiger partial charge on any atom is 0.123 e. The van der Waals surface area contributed by atoms with Crippen molar-refractivity contribution in [3.8, 4) is 0 Å². The fraction of sp³-hybridized carbons (Fsp3) is 0.643. The highest BCUT2D eigenvalue weighted by molar-refractivity contribution is 5.50. The topological polar surface area (TPSA) is 62.4 Å². The van der Waals surface area contributed by atoms with Gasteiger partial charge in [-0.1, -0.05) is 0 Å². The molecular weight excluding hydrogens is 226 g/mol. The van der Waals surface area contributed by atoms with Crippen LogP contribution >= 0.6 is 0 Å². The third kappa shape index (κ3) is 1.38. The standard InChI is InChI=1S/C14H19N3O/c15-11-2-1-10(7-16-11)17-8-13(3-4-13)12(18)14(9-17)5-6-14/h1-2,7,12,18H,3-6,8-9H2,(H2,15,16). The Morgan fingerprint density at radius 3 is 2.22 bits per heavy atom. The van der Waals surface area contributed by atoms with Gasteiger partial charge >= 0.3 is 0 Å². The van der Waals surface area contributed by atoms with Crippen LogP contribution in [0.5, 0.6) is 0 Å². The van der Waals surface area contributed by atoms with Crippen molar-refractivity contribution in [2.24, 2.45) is 10.8 Å². The van der Waals surface area contributed by atoms with Gasteiger partial charge in [0, 0.05) is 23.9 Å². The highest BCUT2D eigenvalue weighted by Gasteiger charge is 2.65. The van der Waals surface area contributed by atoms with Gasteiger partial charge in [-0.05, 0) is 37.8 Å². The van der Waals surface area contributed by atoms with Crippen molar-refractivity contribution in [1.82, 2.24) is 4.98 Å². The summed E-state index contributed by atoms with van der Waals surface area (Å²) in [6, 6.07) is 3.91. The molecule has 1 saturated heterocycles. The van der Waals surface area contributed by atoms with E-state index in [9.17, 15) is 5.11 Å². The first-order valence-corrected chi connectivity index (χ1v) is 6.78. The molecule has 3 fully saturated rings. The molecule has 3 aliphatic rings. The van der Waals surface area contributed by atoms with Crippen LogP contribution in [0.15, 0.2) is 18.3 Å². The largest absolute Gasteiger partial charge is 0.392 e. The second-order valence-electron chi connectivity index (χ2n) is 6.42. The molecule has 2 spiro atoms. The van der Waals surface area contributed by atoms with E-state index in [1.54, 1.807) is 0 Å². The number of nitrogens with two attached hydrogens (primary N) is 1. The van der Waals surface area contributed by atoms with Crippen LogP contribution in [0, 0.1) is 10.8 Å². The van der Waals surface area contributed by atoms with Crippen molar-refractivity contribution < 1.29 is 5.11 Å². The maximum atomic E-state index is 10.5. The fourth-order valence-electron chi connectivity index (χ4n) is 3.59. The number of piperidine rings is 1. The van der Waals surface area contributed by atoms with Crippen molar-refractivity contribution in [2.75, 3.05) is 23.7 Å². The minimum Gasteiger partial charge on any atom is -0.392 e. The van der Waals surface area contributed by atoms with Crippen LogP contribution in [0.1, 0.15) is 25.7 Å². The lowest BCUT2D eigenvalue weighted by atomic mass is 9.80. The Hall–Kier alpha value is -1.29. The molecule has 3 N–H and O–H groups in total. The molecule has 1 aromatic rings. The van der Waals surface area contributed by atoms with Crippen molar-refractivity contribution in [2.45, 2.75) is 31.8 Å². The molecule has 0 amide bonds. The van der Waals surface area contributed by atoms with E-state index in [-0.39, 0.29) is 16.9 Å². The second kappa shape index (κ2) is 3.18. The minimum atomic E-state index is -0.0806. The number of hydrogen-bond acceptors (Lipinski definition) is 4. The van der Waals surface area contributed by atoms with E-state index in [0.29, 0.717) is 5.82 Å². The first kappa shape index (κ1) is 10.6. The molecule has 1 aliphatic heterocycles. The second-order valence-corrected chi connectivity index (χ2v) is 6.42. The average Bonchev–Trinajstić information content (AvgIpc) is 3.25. The van der Waals surface area contributed by atoms with Gasteiger partial charge < -0.3 is 15.7 Å². The van der Waals surface area contributed by atoms with Gasteiger partial charge in [0.2, 0.25) is 0 Å². The molecule has 2 saturated carbocycles. The highest BCUT2D eigenvalue weighted by atomic mass is 16.3. The number of aromatic nitrogens is 1. The lowest BCUT2D eigenvalue weighted by Crippen LogP contribution is -2.52. The molecule has 0 bridgehead atoms. The van der Waals surface area contributed by atoms with Gasteiger partial charge in [-0.25, -0.2) is 4.98 Å². The molecule has 4 heteroatoms. The first-order valence-electron chi connectivity index (χ1n) is 6.78. The van der Waals surface area contributed by atoms with Gasteiger partial charge in [0.15, 0.2) is 0 Å². The normalized spacial score (nSPS) is 27.7. The first-order chi connectivity index (χ1) is 8.64. The Balaban J connectivity index is 1.65. The van der Waals surface area contributed by atoms with Gasteiger partial charge in [-0.2, -0.15) is 0 Å². The van der Waals surface area contributed by atoms with Gasteiger partial charge in [-0.3, -0.25) is 0 Å². The van der Waals surface area contributed by atoms with Crippen LogP contribution in [-0.4, -0.2) is 29.3 Å². The van der Waals surface area contributed by atoms with Gasteiger partial charge in [0.05, 0.1) is 18.0 Å². The number of hydrogen-bond donors (Lipinski definition) is 2. The summed E-state index contributed by atoms with van der Waals surface area (Å²) in [6.45, 7) is 1.95. The van der Waals surface area contributed by atoms with Crippen molar-refractivity contribution in [1.29, 1.82) is 0 Å². The number of aliphatic hydroxyl groups excluding tert-OH is 1. The molecule has 2 aliphatic carbocycles. The summed E-state index contributed by atoms with van der Waals surface area (Å²) >= 11 is 0. The lowest BCUT2D eigenvalue weighted by Gasteiger charge is -2.44. The molecular formula is C14H19N3O. The van der Waals surface area contributed by atoms with Crippen LogP contribution < -0.4 is 10.6 Å². The number of nitrogens with zero attached hydrogens (tertiary/aromatic N) is 2. The predicted octanol–water partition coefficient (Wildman–Crippen LogP) is 1.41. The summed E-state index contributed by atoms with van der Waals surface area (Å²) in [5.41, 5.74) is 7.14. The number of rotatable bonds is 1. The van der Waals surface area contributed by atoms with E-state index >= 15 is 0 Å². The molecule has 0 radical (unpaired) electrons. The smallest absolute Gasteiger partial charge is 0.123 e. The zero-order chi connectivity index (χ0) is 12.4. The van der Waals surface area contributed by atoms with E-state index < -0.39 is 0 Å². The molecule has 18 heavy (non-hydrogen) atoms. The lowest BCUT2D eigenvalue weighted by molar-refractivity contribution is 0.0105. The van der Waals surface area contributed by atoms with Crippen LogP contribution in [-0.2, 0) is 0 Å². The number of anilines is 2. The summed E-state index contributed by atoms with van der Waals surface area (Å²) < 4.78 is 0. The van der Waals surface area contributed by atoms with E-state index in [1.807, 2.05) is 18.3 Å². The molecule has 0 aromatic carbocycles. The zero-order valence-electron chi connectivity index (χ0n) is 10.5. The van der Waals surface area contributed by atoms with Crippen molar-refractivity contribution >= 4 is 11.5 Å². The van der Waals surface area contributed by atoms with Crippen molar-refractivity contribution in [3.63, 3.8) is 0 Å². The fourth-order valence-corrected chi connectivity index (χ4v) is 3.59. The third-order valence-electron chi connectivity index (χ3n) is 5.09. The quantitative estimate of drug-likeness (QED) is 0.785. The Morgan fingerprint density at radius 1 is 1.17 bits per heavy atom. The van der Waals surface area contributed by atoms with Crippen LogP contribution in [0.25, 0.3) is 0 Å². The molecule has 2 heterocycles. The van der Waals surface area contributed by atoms with Crippen LogP contribution in [0.2, 0.25) is 0 Å². The summed E-state index contributed by atoms with van der Waals surface area (Å²) in [7, 11) is 0. The summed E-state index contributed by atoms with van der Waals surface area (Å²) in [5.74, 6) is 0.568. The molecule has 0 unspecified atom stereocenters. The molecule has 1 aromatic heterocycles. The number of aliphatic hydroxyl groups is 1. The zero-order valence-corrected chi connectivity index (χ0v) is 10.5.